The lowest BCUT2D eigenvalue weighted by Crippen LogP contribution is -2.31. The van der Waals surface area contributed by atoms with Crippen molar-refractivity contribution >= 4 is 5.82 Å². The third-order valence-corrected chi connectivity index (χ3v) is 2.89. The zero-order valence-electron chi connectivity index (χ0n) is 9.53. The number of hydrogen-bond acceptors (Lipinski definition) is 3. The van der Waals surface area contributed by atoms with Gasteiger partial charge in [0.15, 0.2) is 11.6 Å². The Hall–Kier alpha value is -1.16. The number of nitrogens with zero attached hydrogens (tertiary/aromatic N) is 2. The van der Waals surface area contributed by atoms with E-state index in [1.54, 1.807) is 12.3 Å². The van der Waals surface area contributed by atoms with Crippen molar-refractivity contribution < 1.29 is 9.13 Å². The van der Waals surface area contributed by atoms with Crippen LogP contribution < -0.4 is 4.90 Å². The summed E-state index contributed by atoms with van der Waals surface area (Å²) >= 11 is 0. The van der Waals surface area contributed by atoms with E-state index in [-0.39, 0.29) is 5.82 Å². The maximum Gasteiger partial charge on any atom is 0.165 e. The van der Waals surface area contributed by atoms with E-state index < -0.39 is 0 Å². The quantitative estimate of drug-likeness (QED) is 0.786. The summed E-state index contributed by atoms with van der Waals surface area (Å²) in [6.07, 6.45) is 3.87. The van der Waals surface area contributed by atoms with Crippen molar-refractivity contribution in [2.75, 3.05) is 31.7 Å². The fraction of sp³-hybridized carbons (Fsp3) is 0.583. The van der Waals surface area contributed by atoms with Crippen molar-refractivity contribution in [2.45, 2.75) is 12.8 Å². The molecular formula is C12H17FN2O. The fourth-order valence-corrected chi connectivity index (χ4v) is 2.08. The van der Waals surface area contributed by atoms with E-state index >= 15 is 0 Å². The van der Waals surface area contributed by atoms with Gasteiger partial charge in [0.2, 0.25) is 0 Å². The van der Waals surface area contributed by atoms with Crippen LogP contribution in [-0.2, 0) is 4.74 Å². The summed E-state index contributed by atoms with van der Waals surface area (Å²) in [6.45, 7) is 2.44. The van der Waals surface area contributed by atoms with Crippen LogP contribution >= 0.6 is 0 Å². The topological polar surface area (TPSA) is 25.4 Å². The Morgan fingerprint density at radius 3 is 3.19 bits per heavy atom. The van der Waals surface area contributed by atoms with Crippen LogP contribution in [0.25, 0.3) is 0 Å². The third-order valence-electron chi connectivity index (χ3n) is 2.89. The van der Waals surface area contributed by atoms with Crippen molar-refractivity contribution in [2.24, 2.45) is 5.92 Å². The highest BCUT2D eigenvalue weighted by Crippen LogP contribution is 2.19. The van der Waals surface area contributed by atoms with E-state index in [2.05, 4.69) is 4.98 Å². The van der Waals surface area contributed by atoms with Crippen molar-refractivity contribution in [3.05, 3.63) is 24.1 Å². The Labute approximate surface area is 95.2 Å². The molecule has 0 amide bonds. The van der Waals surface area contributed by atoms with Crippen molar-refractivity contribution in [3.8, 4) is 0 Å². The van der Waals surface area contributed by atoms with Crippen molar-refractivity contribution in [1.29, 1.82) is 0 Å². The Morgan fingerprint density at radius 2 is 2.50 bits per heavy atom. The summed E-state index contributed by atoms with van der Waals surface area (Å²) in [5, 5.41) is 0. The Bertz CT molecular complexity index is 340. The average Bonchev–Trinajstić information content (AvgIpc) is 2.31. The molecular weight excluding hydrogens is 207 g/mol. The molecule has 1 aliphatic rings. The molecule has 0 spiro atoms. The smallest absolute Gasteiger partial charge is 0.165 e. The highest BCUT2D eigenvalue weighted by molar-refractivity contribution is 5.38. The van der Waals surface area contributed by atoms with E-state index in [1.807, 2.05) is 11.9 Å². The SMILES string of the molecule is CN(CC1CCCOC1)c1ncccc1F. The third kappa shape index (κ3) is 2.70. The van der Waals surface area contributed by atoms with E-state index in [0.717, 1.165) is 32.6 Å². The van der Waals surface area contributed by atoms with Gasteiger partial charge in [0.1, 0.15) is 0 Å². The maximum absolute atomic E-state index is 13.5. The molecule has 1 fully saturated rings. The summed E-state index contributed by atoms with van der Waals surface area (Å²) in [6, 6.07) is 3.05. The van der Waals surface area contributed by atoms with E-state index in [9.17, 15) is 4.39 Å². The molecule has 1 saturated heterocycles. The van der Waals surface area contributed by atoms with Crippen LogP contribution in [0.15, 0.2) is 18.3 Å². The molecule has 4 heteroatoms. The van der Waals surface area contributed by atoms with Gasteiger partial charge >= 0.3 is 0 Å². The Kier molecular flexibility index (Phi) is 3.72. The lowest BCUT2D eigenvalue weighted by molar-refractivity contribution is 0.0575. The molecule has 0 bridgehead atoms. The monoisotopic (exact) mass is 224 g/mol. The van der Waals surface area contributed by atoms with Crippen LogP contribution in [0.1, 0.15) is 12.8 Å². The first kappa shape index (κ1) is 11.3. The van der Waals surface area contributed by atoms with E-state index in [4.69, 9.17) is 4.74 Å². The predicted octanol–water partition coefficient (Wildman–Crippen LogP) is 2.08. The minimum absolute atomic E-state index is 0.262. The van der Waals surface area contributed by atoms with Crippen LogP contribution in [0, 0.1) is 11.7 Å². The van der Waals surface area contributed by atoms with E-state index in [1.165, 1.54) is 6.07 Å². The molecule has 0 radical (unpaired) electrons. The number of aromatic nitrogens is 1. The number of pyridine rings is 1. The molecule has 1 unspecified atom stereocenters. The number of halogens is 1. The first-order valence-corrected chi connectivity index (χ1v) is 5.67. The largest absolute Gasteiger partial charge is 0.381 e. The lowest BCUT2D eigenvalue weighted by atomic mass is 10.0. The Morgan fingerprint density at radius 1 is 1.62 bits per heavy atom. The molecule has 1 aromatic rings. The van der Waals surface area contributed by atoms with Gasteiger partial charge in [-0.2, -0.15) is 0 Å². The summed E-state index contributed by atoms with van der Waals surface area (Å²) in [4.78, 5) is 5.92. The van der Waals surface area contributed by atoms with Crippen molar-refractivity contribution in [3.63, 3.8) is 0 Å². The van der Waals surface area contributed by atoms with Crippen LogP contribution in [0.4, 0.5) is 10.2 Å². The number of hydrogen-bond donors (Lipinski definition) is 0. The van der Waals surface area contributed by atoms with Crippen LogP contribution in [0.2, 0.25) is 0 Å². The Balaban J connectivity index is 1.96. The lowest BCUT2D eigenvalue weighted by Gasteiger charge is -2.27. The van der Waals surface area contributed by atoms with Crippen LogP contribution in [0.3, 0.4) is 0 Å². The van der Waals surface area contributed by atoms with Gasteiger partial charge in [0.25, 0.3) is 0 Å². The molecule has 0 aromatic carbocycles. The normalized spacial score (nSPS) is 20.8. The van der Waals surface area contributed by atoms with Gasteiger partial charge in [-0.15, -0.1) is 0 Å². The second-order valence-corrected chi connectivity index (χ2v) is 4.27. The summed E-state index contributed by atoms with van der Waals surface area (Å²) in [5.41, 5.74) is 0. The molecule has 16 heavy (non-hydrogen) atoms. The van der Waals surface area contributed by atoms with Gasteiger partial charge in [-0.05, 0) is 30.9 Å². The van der Waals surface area contributed by atoms with Gasteiger partial charge in [-0.25, -0.2) is 9.37 Å². The highest BCUT2D eigenvalue weighted by Gasteiger charge is 2.17. The van der Waals surface area contributed by atoms with Crippen LogP contribution in [0.5, 0.6) is 0 Å². The molecule has 2 heterocycles. The highest BCUT2D eigenvalue weighted by atomic mass is 19.1. The second-order valence-electron chi connectivity index (χ2n) is 4.27. The van der Waals surface area contributed by atoms with E-state index in [0.29, 0.717) is 11.7 Å². The van der Waals surface area contributed by atoms with Gasteiger partial charge in [-0.3, -0.25) is 0 Å². The van der Waals surface area contributed by atoms with Gasteiger partial charge < -0.3 is 9.64 Å². The van der Waals surface area contributed by atoms with Crippen LogP contribution in [-0.4, -0.2) is 31.8 Å². The number of ether oxygens (including phenoxy) is 1. The van der Waals surface area contributed by atoms with Gasteiger partial charge in [0.05, 0.1) is 6.61 Å². The first-order valence-electron chi connectivity index (χ1n) is 5.67. The van der Waals surface area contributed by atoms with Crippen molar-refractivity contribution in [1.82, 2.24) is 4.98 Å². The fourth-order valence-electron chi connectivity index (χ4n) is 2.08. The average molecular weight is 224 g/mol. The molecule has 1 atom stereocenters. The minimum atomic E-state index is -0.262. The molecule has 3 nitrogen and oxygen atoms in total. The molecule has 1 aliphatic heterocycles. The maximum atomic E-state index is 13.5. The minimum Gasteiger partial charge on any atom is -0.381 e. The molecule has 0 aliphatic carbocycles. The summed E-state index contributed by atoms with van der Waals surface area (Å²) < 4.78 is 18.9. The van der Waals surface area contributed by atoms with Gasteiger partial charge in [-0.1, -0.05) is 0 Å². The zero-order chi connectivity index (χ0) is 11.4. The predicted molar refractivity (Wildman–Crippen MR) is 61.0 cm³/mol. The standard InChI is InChI=1S/C12H17FN2O/c1-15(8-10-4-3-7-16-9-10)12-11(13)5-2-6-14-12/h2,5-6,10H,3-4,7-9H2,1H3. The molecule has 0 N–H and O–H groups in total. The summed E-state index contributed by atoms with van der Waals surface area (Å²) in [5.74, 6) is 0.648. The summed E-state index contributed by atoms with van der Waals surface area (Å²) in [7, 11) is 1.88. The molecule has 0 saturated carbocycles. The second kappa shape index (κ2) is 5.25. The number of anilines is 1. The molecule has 88 valence electrons. The molecule has 2 rings (SSSR count). The first-order chi connectivity index (χ1) is 7.77. The van der Waals surface area contributed by atoms with Gasteiger partial charge in [0, 0.05) is 26.4 Å². The zero-order valence-corrected chi connectivity index (χ0v) is 9.53. The number of rotatable bonds is 3. The molecule has 1 aromatic heterocycles.